The molecule has 0 amide bonds. The fraction of sp³-hybridized carbons (Fsp3) is 0.739. The van der Waals surface area contributed by atoms with Crippen molar-refractivity contribution in [2.24, 2.45) is 28.6 Å². The highest BCUT2D eigenvalue weighted by atomic mass is 16.6. The molecule has 3 aliphatic carbocycles. The van der Waals surface area contributed by atoms with Crippen LogP contribution < -0.4 is 0 Å². The molecule has 2 saturated carbocycles. The molecule has 3 N–H and O–H groups in total. The molecule has 11 nitrogen and oxygen atoms in total. The third-order valence-electron chi connectivity index (χ3n) is 9.13. The molecule has 6 unspecified atom stereocenters. The van der Waals surface area contributed by atoms with Crippen LogP contribution in [0.5, 0.6) is 0 Å². The van der Waals surface area contributed by atoms with E-state index in [9.17, 15) is 34.5 Å². The summed E-state index contributed by atoms with van der Waals surface area (Å²) in [6.07, 6.45) is -5.85. The fourth-order valence-corrected chi connectivity index (χ4v) is 8.03. The minimum absolute atomic E-state index is 0.131. The molecular formula is C23H28O11. The highest BCUT2D eigenvalue weighted by Crippen LogP contribution is 2.72. The standard InChI is InChI=1S/C23H28O11/c1-8-10-5-12-22-7-32-23(20(30)31-4,17(22)15(19(29)34-12)33-9(2)24)18(28)14(27)16(22)21(10,3)6-11(25)13(8)26/h10,12,14-18,26-28H,5-7H2,1-4H3/t10?,12?,14?,15?,16?,17?,18-,21-,22+,23+/m0/s1. The summed E-state index contributed by atoms with van der Waals surface area (Å²) in [5.41, 5.74) is -4.02. The van der Waals surface area contributed by atoms with E-state index < -0.39 is 82.3 Å². The van der Waals surface area contributed by atoms with E-state index in [-0.39, 0.29) is 25.2 Å². The van der Waals surface area contributed by atoms with Crippen LogP contribution in [0.3, 0.4) is 0 Å². The van der Waals surface area contributed by atoms with E-state index >= 15 is 0 Å². The van der Waals surface area contributed by atoms with E-state index in [1.54, 1.807) is 13.8 Å². The third kappa shape index (κ3) is 2.42. The number of allylic oxidation sites excluding steroid dienone is 2. The normalized spacial score (nSPS) is 49.1. The maximum atomic E-state index is 13.1. The number of methoxy groups -OCH3 is 1. The zero-order valence-corrected chi connectivity index (χ0v) is 19.3. The molecule has 0 radical (unpaired) electrons. The van der Waals surface area contributed by atoms with Crippen molar-refractivity contribution in [2.75, 3.05) is 13.7 Å². The highest BCUT2D eigenvalue weighted by molar-refractivity contribution is 5.95. The number of carbonyl (C=O) groups excluding carboxylic acids is 4. The molecule has 2 heterocycles. The molecule has 2 bridgehead atoms. The Balaban J connectivity index is 1.78. The van der Waals surface area contributed by atoms with Gasteiger partial charge in [-0.25, -0.2) is 9.59 Å². The van der Waals surface area contributed by atoms with Crippen molar-refractivity contribution in [3.8, 4) is 0 Å². The Bertz CT molecular complexity index is 1030. The van der Waals surface area contributed by atoms with Crippen LogP contribution in [0, 0.1) is 28.6 Å². The largest absolute Gasteiger partial charge is 0.504 e. The SMILES string of the molecule is COC(=O)[C@]12OC[C@@]34C(CC5C(C)=C(O)C(=O)C[C@]5(C)C3C(O)[C@@H]1O)OC(=O)C(OC(C)=O)C42. The van der Waals surface area contributed by atoms with E-state index in [1.165, 1.54) is 0 Å². The number of Topliss-reactive ketones (excluding diaryl/α,β-unsaturated/α-hetero) is 1. The Morgan fingerprint density at radius 2 is 1.85 bits per heavy atom. The Morgan fingerprint density at radius 1 is 1.18 bits per heavy atom. The molecule has 186 valence electrons. The summed E-state index contributed by atoms with van der Waals surface area (Å²) in [5, 5.41) is 33.3. The molecule has 11 heteroatoms. The topological polar surface area (TPSA) is 166 Å². The lowest BCUT2D eigenvalue weighted by molar-refractivity contribution is -0.290. The first-order valence-corrected chi connectivity index (χ1v) is 11.3. The predicted molar refractivity (Wildman–Crippen MR) is 109 cm³/mol. The van der Waals surface area contributed by atoms with Crippen molar-refractivity contribution in [1.82, 2.24) is 0 Å². The molecular weight excluding hydrogens is 452 g/mol. The molecule has 4 fully saturated rings. The number of ketones is 1. The molecule has 0 aromatic heterocycles. The van der Waals surface area contributed by atoms with Crippen molar-refractivity contribution in [2.45, 2.75) is 63.6 Å². The van der Waals surface area contributed by atoms with Crippen molar-refractivity contribution in [3.63, 3.8) is 0 Å². The summed E-state index contributed by atoms with van der Waals surface area (Å²) in [5.74, 6) is -6.15. The number of rotatable bonds is 2. The van der Waals surface area contributed by atoms with Gasteiger partial charge in [0.25, 0.3) is 0 Å². The van der Waals surface area contributed by atoms with Crippen molar-refractivity contribution in [3.05, 3.63) is 11.3 Å². The van der Waals surface area contributed by atoms with Gasteiger partial charge in [-0.2, -0.15) is 0 Å². The van der Waals surface area contributed by atoms with Crippen molar-refractivity contribution in [1.29, 1.82) is 0 Å². The second-order valence-corrected chi connectivity index (χ2v) is 10.5. The number of ether oxygens (including phenoxy) is 4. The summed E-state index contributed by atoms with van der Waals surface area (Å²) >= 11 is 0. The summed E-state index contributed by atoms with van der Waals surface area (Å²) < 4.78 is 22.0. The second kappa shape index (κ2) is 7.02. The Labute approximate surface area is 195 Å². The van der Waals surface area contributed by atoms with E-state index in [4.69, 9.17) is 18.9 Å². The molecule has 10 atom stereocenters. The van der Waals surface area contributed by atoms with Gasteiger partial charge in [-0.15, -0.1) is 0 Å². The van der Waals surface area contributed by atoms with Crippen LogP contribution >= 0.6 is 0 Å². The zero-order chi connectivity index (χ0) is 25.0. The van der Waals surface area contributed by atoms with Gasteiger partial charge >= 0.3 is 17.9 Å². The van der Waals surface area contributed by atoms with E-state index in [0.717, 1.165) is 14.0 Å². The van der Waals surface area contributed by atoms with Crippen LogP contribution in [0.1, 0.15) is 33.6 Å². The highest BCUT2D eigenvalue weighted by Gasteiger charge is 2.85. The van der Waals surface area contributed by atoms with Crippen molar-refractivity contribution < 1.29 is 53.4 Å². The minimum atomic E-state index is -2.18. The van der Waals surface area contributed by atoms with E-state index in [1.807, 2.05) is 0 Å². The fourth-order valence-electron chi connectivity index (χ4n) is 8.03. The quantitative estimate of drug-likeness (QED) is 0.347. The maximum absolute atomic E-state index is 13.1. The number of esters is 3. The number of aliphatic hydroxyl groups excluding tert-OH is 3. The first-order chi connectivity index (χ1) is 15.9. The summed E-state index contributed by atoms with van der Waals surface area (Å²) in [7, 11) is 1.09. The van der Waals surface area contributed by atoms with Gasteiger partial charge in [-0.3, -0.25) is 9.59 Å². The lowest BCUT2D eigenvalue weighted by atomic mass is 9.38. The van der Waals surface area contributed by atoms with Crippen LogP contribution in [0.4, 0.5) is 0 Å². The van der Waals surface area contributed by atoms with E-state index in [2.05, 4.69) is 0 Å². The third-order valence-corrected chi connectivity index (χ3v) is 9.13. The molecule has 5 aliphatic rings. The average molecular weight is 480 g/mol. The van der Waals surface area contributed by atoms with Crippen LogP contribution in [0.25, 0.3) is 0 Å². The molecule has 2 saturated heterocycles. The molecule has 5 rings (SSSR count). The monoisotopic (exact) mass is 480 g/mol. The van der Waals surface area contributed by atoms with Crippen LogP contribution in [0.2, 0.25) is 0 Å². The minimum Gasteiger partial charge on any atom is -0.504 e. The summed E-state index contributed by atoms with van der Waals surface area (Å²) in [6.45, 7) is 4.30. The van der Waals surface area contributed by atoms with Gasteiger partial charge in [0.1, 0.15) is 12.2 Å². The Hall–Kier alpha value is -2.50. The molecule has 1 spiro atoms. The van der Waals surface area contributed by atoms with Gasteiger partial charge in [-0.1, -0.05) is 6.92 Å². The lowest BCUT2D eigenvalue weighted by Crippen LogP contribution is -2.79. The number of hydrogen-bond donors (Lipinski definition) is 3. The number of hydrogen-bond acceptors (Lipinski definition) is 11. The molecule has 2 aliphatic heterocycles. The number of aliphatic hydroxyl groups is 3. The van der Waals surface area contributed by atoms with Gasteiger partial charge in [0.2, 0.25) is 11.7 Å². The maximum Gasteiger partial charge on any atom is 0.348 e. The van der Waals surface area contributed by atoms with Gasteiger partial charge in [0.05, 0.1) is 25.7 Å². The summed E-state index contributed by atoms with van der Waals surface area (Å²) in [4.78, 5) is 50.9. The number of carbonyl (C=O) groups is 4. The Kier molecular flexibility index (Phi) is 4.80. The van der Waals surface area contributed by atoms with Gasteiger partial charge in [-0.05, 0) is 30.3 Å². The molecule has 34 heavy (non-hydrogen) atoms. The van der Waals surface area contributed by atoms with Crippen LogP contribution in [-0.2, 0) is 38.1 Å². The Morgan fingerprint density at radius 3 is 2.47 bits per heavy atom. The number of fused-ring (bicyclic) bond motifs is 2. The van der Waals surface area contributed by atoms with Crippen LogP contribution in [-0.4, -0.2) is 82.7 Å². The molecule has 0 aromatic rings. The summed E-state index contributed by atoms with van der Waals surface area (Å²) in [6, 6.07) is 0. The van der Waals surface area contributed by atoms with Gasteiger partial charge < -0.3 is 34.3 Å². The average Bonchev–Trinajstić information content (AvgIpc) is 3.08. The zero-order valence-electron chi connectivity index (χ0n) is 19.3. The van der Waals surface area contributed by atoms with Gasteiger partial charge in [0.15, 0.2) is 11.5 Å². The van der Waals surface area contributed by atoms with Crippen LogP contribution in [0.15, 0.2) is 11.3 Å². The molecule has 0 aromatic carbocycles. The lowest BCUT2D eigenvalue weighted by Gasteiger charge is -2.67. The van der Waals surface area contributed by atoms with Crippen molar-refractivity contribution >= 4 is 23.7 Å². The van der Waals surface area contributed by atoms with Gasteiger partial charge in [0, 0.05) is 24.7 Å². The predicted octanol–water partition coefficient (Wildman–Crippen LogP) is -0.429. The first-order valence-electron chi connectivity index (χ1n) is 11.3. The smallest absolute Gasteiger partial charge is 0.348 e. The first kappa shape index (κ1) is 23.3. The van der Waals surface area contributed by atoms with E-state index in [0.29, 0.717) is 5.57 Å². The second-order valence-electron chi connectivity index (χ2n) is 10.5.